The van der Waals surface area contributed by atoms with Crippen LogP contribution < -0.4 is 5.53 Å². The normalized spacial score (nSPS) is 40.5. The summed E-state index contributed by atoms with van der Waals surface area (Å²) < 4.78 is 0. The molecule has 4 bridgehead atoms. The molecule has 0 aromatic rings. The highest BCUT2D eigenvalue weighted by Crippen LogP contribution is 2.23. The summed E-state index contributed by atoms with van der Waals surface area (Å²) in [6.07, 6.45) is 0.998. The number of hydrogen-bond donors (Lipinski definition) is 1. The lowest BCUT2D eigenvalue weighted by atomic mass is 9.95. The summed E-state index contributed by atoms with van der Waals surface area (Å²) in [6, 6.07) is 0. The van der Waals surface area contributed by atoms with Crippen LogP contribution in [0.15, 0.2) is 0 Å². The molecular weight excluding hydrogens is 144 g/mol. The SMILES string of the molecule is [O-][N+]1=C2CC3CN(C2)NN1C3. The van der Waals surface area contributed by atoms with Gasteiger partial charge < -0.3 is 5.21 Å². The van der Waals surface area contributed by atoms with Crippen molar-refractivity contribution in [1.82, 2.24) is 15.7 Å². The maximum atomic E-state index is 11.3. The second-order valence-corrected chi connectivity index (χ2v) is 3.47. The minimum atomic E-state index is 0.671. The fourth-order valence-electron chi connectivity index (χ4n) is 2.13. The van der Waals surface area contributed by atoms with Crippen LogP contribution in [-0.4, -0.2) is 40.3 Å². The molecule has 4 rings (SSSR count). The Kier molecular flexibility index (Phi) is 0.881. The van der Waals surface area contributed by atoms with Crippen molar-refractivity contribution in [2.75, 3.05) is 19.6 Å². The average molecular weight is 154 g/mol. The van der Waals surface area contributed by atoms with E-state index in [-0.39, 0.29) is 0 Å². The zero-order valence-corrected chi connectivity index (χ0v) is 6.16. The van der Waals surface area contributed by atoms with E-state index in [4.69, 9.17) is 0 Å². The minimum absolute atomic E-state index is 0.671. The minimum Gasteiger partial charge on any atom is -0.595 e. The van der Waals surface area contributed by atoms with Gasteiger partial charge in [0.2, 0.25) is 5.71 Å². The molecule has 5 heteroatoms. The van der Waals surface area contributed by atoms with E-state index in [1.807, 2.05) is 0 Å². The van der Waals surface area contributed by atoms with E-state index in [1.54, 1.807) is 5.12 Å². The number of rotatable bonds is 0. The Balaban J connectivity index is 2.07. The van der Waals surface area contributed by atoms with Gasteiger partial charge in [-0.25, -0.2) is 5.01 Å². The molecule has 2 fully saturated rings. The molecule has 5 nitrogen and oxygen atoms in total. The number of hydrazone groups is 1. The number of hydrazine groups is 3. The molecule has 2 saturated heterocycles. The van der Waals surface area contributed by atoms with E-state index < -0.39 is 0 Å². The zero-order chi connectivity index (χ0) is 7.42. The number of piperidine rings is 1. The third-order valence-corrected chi connectivity index (χ3v) is 2.55. The summed E-state index contributed by atoms with van der Waals surface area (Å²) in [5.41, 5.74) is 4.03. The summed E-state index contributed by atoms with van der Waals surface area (Å²) >= 11 is 0. The molecule has 0 aromatic carbocycles. The number of hydrogen-bond acceptors (Lipinski definition) is 4. The lowest BCUT2D eigenvalue weighted by Crippen LogP contribution is -2.70. The molecule has 0 spiro atoms. The molecule has 1 N–H and O–H groups in total. The molecule has 0 aromatic heterocycles. The average Bonchev–Trinajstić information content (AvgIpc) is 1.98. The van der Waals surface area contributed by atoms with Crippen LogP contribution in [-0.2, 0) is 0 Å². The van der Waals surface area contributed by atoms with Gasteiger partial charge in [0, 0.05) is 18.9 Å². The molecule has 0 amide bonds. The van der Waals surface area contributed by atoms with Gasteiger partial charge in [0.25, 0.3) is 0 Å². The van der Waals surface area contributed by atoms with Crippen molar-refractivity contribution in [2.45, 2.75) is 6.42 Å². The Hall–Kier alpha value is -0.810. The standard InChI is InChI=1S/C6H10N4O/c11-10-6-1-5-2-8(4-6)7-9(10)3-5/h5,7H,1-4H2. The third kappa shape index (κ3) is 0.643. The zero-order valence-electron chi connectivity index (χ0n) is 6.16. The molecule has 4 aliphatic rings. The fraction of sp³-hybridized carbons (Fsp3) is 0.833. The van der Waals surface area contributed by atoms with Crippen LogP contribution in [0.2, 0.25) is 0 Å². The molecule has 0 aliphatic carbocycles. The molecule has 2 atom stereocenters. The van der Waals surface area contributed by atoms with Gasteiger partial charge in [0.05, 0.1) is 13.1 Å². The van der Waals surface area contributed by atoms with Gasteiger partial charge in [0.15, 0.2) is 0 Å². The van der Waals surface area contributed by atoms with Crippen molar-refractivity contribution < 1.29 is 4.85 Å². The second kappa shape index (κ2) is 1.67. The molecule has 60 valence electrons. The van der Waals surface area contributed by atoms with Gasteiger partial charge in [-0.1, -0.05) is 9.97 Å². The van der Waals surface area contributed by atoms with Gasteiger partial charge in [0.1, 0.15) is 0 Å². The summed E-state index contributed by atoms with van der Waals surface area (Å²) in [7, 11) is 0. The van der Waals surface area contributed by atoms with Crippen molar-refractivity contribution in [3.8, 4) is 0 Å². The summed E-state index contributed by atoms with van der Waals surface area (Å²) in [4.78, 5) is 1.01. The Labute approximate surface area is 64.4 Å². The highest BCUT2D eigenvalue weighted by Gasteiger charge is 2.43. The van der Waals surface area contributed by atoms with Gasteiger partial charge in [-0.3, -0.25) is 0 Å². The Morgan fingerprint density at radius 2 is 2.45 bits per heavy atom. The van der Waals surface area contributed by atoms with Crippen LogP contribution in [0.4, 0.5) is 0 Å². The van der Waals surface area contributed by atoms with Gasteiger partial charge in [-0.15, -0.1) is 5.53 Å². The highest BCUT2D eigenvalue weighted by atomic mass is 16.5. The molecule has 2 unspecified atom stereocenters. The van der Waals surface area contributed by atoms with E-state index >= 15 is 0 Å². The predicted molar refractivity (Wildman–Crippen MR) is 38.2 cm³/mol. The van der Waals surface area contributed by atoms with Crippen molar-refractivity contribution in [3.63, 3.8) is 0 Å². The first-order chi connectivity index (χ1) is 5.33. The first-order valence-electron chi connectivity index (χ1n) is 3.93. The van der Waals surface area contributed by atoms with Crippen LogP contribution in [0.5, 0.6) is 0 Å². The van der Waals surface area contributed by atoms with E-state index in [9.17, 15) is 5.21 Å². The third-order valence-electron chi connectivity index (χ3n) is 2.55. The lowest BCUT2D eigenvalue weighted by Gasteiger charge is -2.46. The van der Waals surface area contributed by atoms with Crippen LogP contribution >= 0.6 is 0 Å². The van der Waals surface area contributed by atoms with Crippen molar-refractivity contribution >= 4 is 5.71 Å². The first kappa shape index (κ1) is 5.79. The largest absolute Gasteiger partial charge is 0.595 e. The molecule has 4 heterocycles. The first-order valence-corrected chi connectivity index (χ1v) is 3.93. The van der Waals surface area contributed by atoms with E-state index in [1.165, 1.54) is 0 Å². The van der Waals surface area contributed by atoms with Crippen LogP contribution in [0.25, 0.3) is 0 Å². The maximum Gasteiger partial charge on any atom is 0.213 e. The molecule has 0 saturated carbocycles. The smallest absolute Gasteiger partial charge is 0.213 e. The van der Waals surface area contributed by atoms with Gasteiger partial charge in [-0.2, -0.15) is 0 Å². The van der Waals surface area contributed by atoms with Crippen LogP contribution in [0, 0.1) is 11.1 Å². The summed E-state index contributed by atoms with van der Waals surface area (Å²) in [6.45, 7) is 2.76. The van der Waals surface area contributed by atoms with Crippen molar-refractivity contribution in [2.24, 2.45) is 5.92 Å². The summed E-state index contributed by atoms with van der Waals surface area (Å²) in [5.74, 6) is 0.671. The lowest BCUT2D eigenvalue weighted by molar-refractivity contribution is -0.681. The predicted octanol–water partition coefficient (Wildman–Crippen LogP) is -1.08. The number of nitrogens with one attached hydrogen (secondary N) is 1. The van der Waals surface area contributed by atoms with Gasteiger partial charge in [-0.05, 0) is 0 Å². The maximum absolute atomic E-state index is 11.3. The number of nitrogens with zero attached hydrogens (tertiary/aromatic N) is 3. The topological polar surface area (TPSA) is 44.6 Å². The summed E-state index contributed by atoms with van der Waals surface area (Å²) in [5, 5.41) is 15.0. The van der Waals surface area contributed by atoms with E-state index in [0.29, 0.717) is 5.92 Å². The Morgan fingerprint density at radius 3 is 3.18 bits per heavy atom. The monoisotopic (exact) mass is 154 g/mol. The highest BCUT2D eigenvalue weighted by molar-refractivity contribution is 5.83. The molecule has 4 aliphatic heterocycles. The Bertz CT molecular complexity index is 223. The molecular formula is C6H10N4O. The fourth-order valence-corrected chi connectivity index (χ4v) is 2.13. The van der Waals surface area contributed by atoms with E-state index in [0.717, 1.165) is 36.6 Å². The van der Waals surface area contributed by atoms with Crippen LogP contribution in [0.1, 0.15) is 6.42 Å². The van der Waals surface area contributed by atoms with Gasteiger partial charge >= 0.3 is 0 Å². The van der Waals surface area contributed by atoms with Crippen molar-refractivity contribution in [3.05, 3.63) is 5.21 Å². The van der Waals surface area contributed by atoms with Crippen molar-refractivity contribution in [1.29, 1.82) is 0 Å². The molecule has 11 heavy (non-hydrogen) atoms. The van der Waals surface area contributed by atoms with Crippen LogP contribution in [0.3, 0.4) is 0 Å². The quantitative estimate of drug-likeness (QED) is 0.356. The second-order valence-electron chi connectivity index (χ2n) is 3.47. The van der Waals surface area contributed by atoms with E-state index in [2.05, 4.69) is 10.5 Å². The molecule has 0 radical (unpaired) electrons. The Morgan fingerprint density at radius 1 is 1.55 bits per heavy atom.